The van der Waals surface area contributed by atoms with Gasteiger partial charge >= 0.3 is 0 Å². The highest BCUT2D eigenvalue weighted by molar-refractivity contribution is 6.04. The number of hydrogen-bond donors (Lipinski definition) is 3. The minimum atomic E-state index is -0.404. The number of amides is 1. The summed E-state index contributed by atoms with van der Waals surface area (Å²) in [5.74, 6) is 0.640. The Balaban J connectivity index is 1.36. The summed E-state index contributed by atoms with van der Waals surface area (Å²) in [6.45, 7) is 20.6. The molecule has 1 fully saturated rings. The zero-order chi connectivity index (χ0) is 32.9. The van der Waals surface area contributed by atoms with Gasteiger partial charge in [-0.2, -0.15) is 0 Å². The number of para-hydroxylation sites is 2. The summed E-state index contributed by atoms with van der Waals surface area (Å²) in [6.07, 6.45) is 3.45. The molecule has 4 rings (SSSR count). The lowest BCUT2D eigenvalue weighted by Gasteiger charge is -2.30. The van der Waals surface area contributed by atoms with Crippen LogP contribution in [0.15, 0.2) is 91.7 Å². The third-order valence-electron chi connectivity index (χ3n) is 7.35. The van der Waals surface area contributed by atoms with Gasteiger partial charge in [0.1, 0.15) is 17.1 Å². The molecule has 2 heterocycles. The number of ether oxygens (including phenoxy) is 2. The molecule has 10 heteroatoms. The lowest BCUT2D eigenvalue weighted by atomic mass is 10.1. The number of carbonyl (C=O) groups excluding carboxylic acids is 1. The highest BCUT2D eigenvalue weighted by atomic mass is 19.1. The SMILES string of the molecule is C=C(Nc1ccccc1NC(=O)c1ccc(CN(CCCN2CCOCC2)C(=C)NCCc2ccc(F)cc2)cn1)OC(C)(C)C. The minimum absolute atomic E-state index is 0.237. The second kappa shape index (κ2) is 16.8. The van der Waals surface area contributed by atoms with Gasteiger partial charge in [0.15, 0.2) is 5.88 Å². The smallest absolute Gasteiger partial charge is 0.274 e. The first-order valence-corrected chi connectivity index (χ1v) is 15.8. The summed E-state index contributed by atoms with van der Waals surface area (Å²) in [5.41, 5.74) is 3.17. The fraction of sp³-hybridized carbons (Fsp3) is 0.389. The number of pyridine rings is 1. The number of hydrogen-bond acceptors (Lipinski definition) is 8. The molecule has 0 atom stereocenters. The molecule has 0 unspecified atom stereocenters. The molecule has 46 heavy (non-hydrogen) atoms. The normalized spacial score (nSPS) is 13.5. The van der Waals surface area contributed by atoms with E-state index in [4.69, 9.17) is 9.47 Å². The molecular weight excluding hydrogens is 583 g/mol. The zero-order valence-corrected chi connectivity index (χ0v) is 27.3. The van der Waals surface area contributed by atoms with Crippen molar-refractivity contribution in [2.75, 3.05) is 56.6 Å². The molecule has 1 aliphatic rings. The van der Waals surface area contributed by atoms with Crippen LogP contribution >= 0.6 is 0 Å². The number of carbonyl (C=O) groups is 1. The molecule has 0 radical (unpaired) electrons. The average molecular weight is 631 g/mol. The third-order valence-corrected chi connectivity index (χ3v) is 7.35. The number of nitrogens with one attached hydrogen (secondary N) is 3. The Morgan fingerprint density at radius 1 is 1.00 bits per heavy atom. The standard InChI is InChI=1S/C36H47FN6O3/c1-27(38-18-17-29-11-14-31(37)15-12-29)43(20-8-19-42-21-23-45-24-22-42)26-30-13-16-34(39-25-30)35(44)41-33-10-7-6-9-32(33)40-28(2)46-36(3,4)5/h6-7,9-16,25,38,40H,1-2,8,17-24,26H2,3-5H3,(H,41,44). The molecule has 2 aromatic carbocycles. The fourth-order valence-corrected chi connectivity index (χ4v) is 5.04. The van der Waals surface area contributed by atoms with Crippen molar-refractivity contribution >= 4 is 17.3 Å². The van der Waals surface area contributed by atoms with Crippen LogP contribution in [0.2, 0.25) is 0 Å². The number of nitrogens with zero attached hydrogens (tertiary/aromatic N) is 3. The van der Waals surface area contributed by atoms with Gasteiger partial charge in [-0.15, -0.1) is 0 Å². The van der Waals surface area contributed by atoms with Gasteiger partial charge in [0.2, 0.25) is 0 Å². The van der Waals surface area contributed by atoms with Gasteiger partial charge in [-0.1, -0.05) is 36.9 Å². The van der Waals surface area contributed by atoms with Crippen molar-refractivity contribution in [3.8, 4) is 0 Å². The van der Waals surface area contributed by atoms with Gasteiger partial charge in [-0.3, -0.25) is 14.7 Å². The number of aromatic nitrogens is 1. The van der Waals surface area contributed by atoms with Gasteiger partial charge in [-0.05, 0) is 81.7 Å². The largest absolute Gasteiger partial charge is 0.474 e. The van der Waals surface area contributed by atoms with Crippen LogP contribution in [0.5, 0.6) is 0 Å². The van der Waals surface area contributed by atoms with Crippen molar-refractivity contribution in [2.45, 2.75) is 45.8 Å². The number of rotatable bonds is 16. The van der Waals surface area contributed by atoms with Crippen LogP contribution in [0.25, 0.3) is 0 Å². The van der Waals surface area contributed by atoms with Crippen molar-refractivity contribution in [3.05, 3.63) is 114 Å². The van der Waals surface area contributed by atoms with Crippen LogP contribution in [0.1, 0.15) is 48.8 Å². The highest BCUT2D eigenvalue weighted by Gasteiger charge is 2.16. The van der Waals surface area contributed by atoms with Crippen molar-refractivity contribution in [1.82, 2.24) is 20.1 Å². The van der Waals surface area contributed by atoms with Gasteiger partial charge in [0.25, 0.3) is 5.91 Å². The topological polar surface area (TPSA) is 91.0 Å². The summed E-state index contributed by atoms with van der Waals surface area (Å²) in [7, 11) is 0. The predicted molar refractivity (Wildman–Crippen MR) is 182 cm³/mol. The third kappa shape index (κ3) is 11.5. The zero-order valence-electron chi connectivity index (χ0n) is 27.3. The van der Waals surface area contributed by atoms with Crippen LogP contribution in [0.3, 0.4) is 0 Å². The maximum Gasteiger partial charge on any atom is 0.274 e. The van der Waals surface area contributed by atoms with Crippen molar-refractivity contribution in [2.24, 2.45) is 0 Å². The first-order valence-electron chi connectivity index (χ1n) is 15.8. The lowest BCUT2D eigenvalue weighted by molar-refractivity contribution is 0.0363. The van der Waals surface area contributed by atoms with E-state index in [1.807, 2.05) is 51.1 Å². The van der Waals surface area contributed by atoms with Crippen LogP contribution < -0.4 is 16.0 Å². The Labute approximate surface area is 272 Å². The van der Waals surface area contributed by atoms with E-state index in [1.54, 1.807) is 24.4 Å². The molecule has 9 nitrogen and oxygen atoms in total. The van der Waals surface area contributed by atoms with Gasteiger partial charge in [-0.25, -0.2) is 4.39 Å². The van der Waals surface area contributed by atoms with Crippen LogP contribution in [0, 0.1) is 5.82 Å². The Kier molecular flexibility index (Phi) is 12.6. The fourth-order valence-electron chi connectivity index (χ4n) is 5.04. The van der Waals surface area contributed by atoms with E-state index in [9.17, 15) is 9.18 Å². The summed E-state index contributed by atoms with van der Waals surface area (Å²) < 4.78 is 24.6. The van der Waals surface area contributed by atoms with E-state index in [1.165, 1.54) is 12.1 Å². The molecular formula is C36H47FN6O3. The molecule has 1 aromatic heterocycles. The first kappa shape index (κ1) is 34.5. The molecule has 3 aromatic rings. The summed E-state index contributed by atoms with van der Waals surface area (Å²) >= 11 is 0. The van der Waals surface area contributed by atoms with Crippen molar-refractivity contribution in [3.63, 3.8) is 0 Å². The molecule has 1 aliphatic heterocycles. The molecule has 0 spiro atoms. The Morgan fingerprint density at radius 2 is 1.67 bits per heavy atom. The van der Waals surface area contributed by atoms with Crippen molar-refractivity contribution in [1.29, 1.82) is 0 Å². The monoisotopic (exact) mass is 630 g/mol. The van der Waals surface area contributed by atoms with Crippen LogP contribution in [0.4, 0.5) is 15.8 Å². The van der Waals surface area contributed by atoms with E-state index in [0.717, 1.165) is 69.2 Å². The van der Waals surface area contributed by atoms with Crippen LogP contribution in [-0.2, 0) is 22.4 Å². The second-order valence-corrected chi connectivity index (χ2v) is 12.3. The van der Waals surface area contributed by atoms with Gasteiger partial charge in [0, 0.05) is 45.5 Å². The van der Waals surface area contributed by atoms with Gasteiger partial charge in [0.05, 0.1) is 30.4 Å². The van der Waals surface area contributed by atoms with Crippen LogP contribution in [-0.4, -0.2) is 72.2 Å². The number of morpholine rings is 1. The average Bonchev–Trinajstić information content (AvgIpc) is 3.02. The summed E-state index contributed by atoms with van der Waals surface area (Å²) in [4.78, 5) is 22.3. The van der Waals surface area contributed by atoms with E-state index in [0.29, 0.717) is 36.0 Å². The number of halogens is 1. The van der Waals surface area contributed by atoms with Gasteiger partial charge < -0.3 is 30.3 Å². The highest BCUT2D eigenvalue weighted by Crippen LogP contribution is 2.24. The molecule has 0 bridgehead atoms. The molecule has 3 N–H and O–H groups in total. The summed E-state index contributed by atoms with van der Waals surface area (Å²) in [6, 6.07) is 17.6. The maximum atomic E-state index is 13.3. The van der Waals surface area contributed by atoms with Crippen molar-refractivity contribution < 1.29 is 18.7 Å². The Bertz CT molecular complexity index is 1430. The molecule has 0 saturated carbocycles. The number of anilines is 2. The predicted octanol–water partition coefficient (Wildman–Crippen LogP) is 6.00. The van der Waals surface area contributed by atoms with E-state index >= 15 is 0 Å². The summed E-state index contributed by atoms with van der Waals surface area (Å²) in [5, 5.41) is 9.52. The molecule has 0 aliphatic carbocycles. The molecule has 246 valence electrons. The minimum Gasteiger partial charge on any atom is -0.474 e. The second-order valence-electron chi connectivity index (χ2n) is 12.3. The molecule has 1 saturated heterocycles. The number of benzene rings is 2. The Hall–Kier alpha value is -4.41. The van der Waals surface area contributed by atoms with E-state index in [-0.39, 0.29) is 11.7 Å². The lowest BCUT2D eigenvalue weighted by Crippen LogP contribution is -2.39. The van der Waals surface area contributed by atoms with E-state index in [2.05, 4.69) is 43.9 Å². The van der Waals surface area contributed by atoms with E-state index < -0.39 is 5.60 Å². The quantitative estimate of drug-likeness (QED) is 0.166. The first-order chi connectivity index (χ1) is 22.1. The maximum absolute atomic E-state index is 13.3. The Morgan fingerprint density at radius 3 is 2.33 bits per heavy atom. The molecule has 1 amide bonds.